The fraction of sp³-hybridized carbons (Fsp3) is 0.364. The third-order valence-electron chi connectivity index (χ3n) is 2.05. The van der Waals surface area contributed by atoms with Crippen molar-refractivity contribution in [3.05, 3.63) is 35.9 Å². The molecule has 0 N–H and O–H groups in total. The maximum absolute atomic E-state index is 12.2. The second kappa shape index (κ2) is 4.47. The Hall–Kier alpha value is -1.32. The zero-order valence-corrected chi connectivity index (χ0v) is 8.55. The lowest BCUT2D eigenvalue weighted by atomic mass is 10.1. The third-order valence-corrected chi connectivity index (χ3v) is 2.05. The van der Waals surface area contributed by atoms with Gasteiger partial charge in [-0.05, 0) is 19.4 Å². The lowest BCUT2D eigenvalue weighted by Crippen LogP contribution is -2.24. The molecule has 0 saturated heterocycles. The maximum atomic E-state index is 12.2. The summed E-state index contributed by atoms with van der Waals surface area (Å²) < 4.78 is 36.7. The molecule has 0 fully saturated rings. The van der Waals surface area contributed by atoms with Crippen molar-refractivity contribution in [3.8, 4) is 0 Å². The SMILES string of the molecule is CC(=NC(C)C(F)(F)F)c1ccccc1. The van der Waals surface area contributed by atoms with Crippen LogP contribution in [0.1, 0.15) is 19.4 Å². The molecule has 0 aliphatic rings. The molecule has 0 spiro atoms. The first-order valence-electron chi connectivity index (χ1n) is 4.58. The Morgan fingerprint density at radius 3 is 2.20 bits per heavy atom. The summed E-state index contributed by atoms with van der Waals surface area (Å²) in [7, 11) is 0. The highest BCUT2D eigenvalue weighted by molar-refractivity contribution is 5.98. The number of hydrogen-bond acceptors (Lipinski definition) is 1. The van der Waals surface area contributed by atoms with E-state index in [0.29, 0.717) is 11.3 Å². The van der Waals surface area contributed by atoms with E-state index in [1.165, 1.54) is 0 Å². The summed E-state index contributed by atoms with van der Waals surface area (Å²) >= 11 is 0. The number of nitrogens with zero attached hydrogens (tertiary/aromatic N) is 1. The Labute approximate surface area is 86.6 Å². The number of alkyl halides is 3. The van der Waals surface area contributed by atoms with Crippen molar-refractivity contribution < 1.29 is 13.2 Å². The Morgan fingerprint density at radius 1 is 1.20 bits per heavy atom. The molecule has 0 bridgehead atoms. The van der Waals surface area contributed by atoms with Crippen LogP contribution < -0.4 is 0 Å². The van der Waals surface area contributed by atoms with Gasteiger partial charge < -0.3 is 0 Å². The second-order valence-corrected chi connectivity index (χ2v) is 3.30. The zero-order chi connectivity index (χ0) is 11.5. The van der Waals surface area contributed by atoms with Crippen LogP contribution in [0.25, 0.3) is 0 Å². The normalized spacial score (nSPS) is 15.1. The fourth-order valence-corrected chi connectivity index (χ4v) is 1.12. The number of benzene rings is 1. The summed E-state index contributed by atoms with van der Waals surface area (Å²) in [6.07, 6.45) is -4.27. The predicted molar refractivity (Wildman–Crippen MR) is 54.2 cm³/mol. The summed E-state index contributed by atoms with van der Waals surface area (Å²) in [4.78, 5) is 3.61. The van der Waals surface area contributed by atoms with Gasteiger partial charge in [-0.2, -0.15) is 13.2 Å². The van der Waals surface area contributed by atoms with Crippen molar-refractivity contribution in [2.75, 3.05) is 0 Å². The average molecular weight is 215 g/mol. The molecule has 1 aromatic carbocycles. The van der Waals surface area contributed by atoms with Gasteiger partial charge in [0.25, 0.3) is 0 Å². The third kappa shape index (κ3) is 3.38. The van der Waals surface area contributed by atoms with Gasteiger partial charge >= 0.3 is 6.18 Å². The van der Waals surface area contributed by atoms with E-state index in [-0.39, 0.29) is 0 Å². The smallest absolute Gasteiger partial charge is 0.277 e. The van der Waals surface area contributed by atoms with Crippen LogP contribution in [-0.4, -0.2) is 17.9 Å². The molecule has 15 heavy (non-hydrogen) atoms. The van der Waals surface area contributed by atoms with Crippen molar-refractivity contribution in [2.24, 2.45) is 4.99 Å². The molecule has 1 atom stereocenters. The first-order chi connectivity index (χ1) is 6.91. The van der Waals surface area contributed by atoms with Crippen LogP contribution in [0.4, 0.5) is 13.2 Å². The highest BCUT2D eigenvalue weighted by Gasteiger charge is 2.35. The topological polar surface area (TPSA) is 12.4 Å². The van der Waals surface area contributed by atoms with E-state index in [1.54, 1.807) is 31.2 Å². The molecule has 1 aromatic rings. The Kier molecular flexibility index (Phi) is 3.50. The van der Waals surface area contributed by atoms with E-state index >= 15 is 0 Å². The molecule has 0 saturated carbocycles. The first-order valence-corrected chi connectivity index (χ1v) is 4.58. The number of halogens is 3. The lowest BCUT2D eigenvalue weighted by molar-refractivity contribution is -0.142. The Morgan fingerprint density at radius 2 is 1.73 bits per heavy atom. The van der Waals surface area contributed by atoms with Gasteiger partial charge in [-0.25, -0.2) is 0 Å². The maximum Gasteiger partial charge on any atom is 0.410 e. The van der Waals surface area contributed by atoms with Crippen molar-refractivity contribution in [3.63, 3.8) is 0 Å². The minimum atomic E-state index is -4.27. The van der Waals surface area contributed by atoms with E-state index < -0.39 is 12.2 Å². The Balaban J connectivity index is 2.86. The van der Waals surface area contributed by atoms with E-state index in [9.17, 15) is 13.2 Å². The van der Waals surface area contributed by atoms with Gasteiger partial charge in [-0.3, -0.25) is 4.99 Å². The summed E-state index contributed by atoms with van der Waals surface area (Å²) in [5, 5.41) is 0. The Bertz CT molecular complexity index is 341. The first kappa shape index (κ1) is 11.8. The molecule has 1 rings (SSSR count). The molecule has 0 aromatic heterocycles. The second-order valence-electron chi connectivity index (χ2n) is 3.30. The molecule has 0 aliphatic carbocycles. The van der Waals surface area contributed by atoms with Gasteiger partial charge in [-0.1, -0.05) is 30.3 Å². The van der Waals surface area contributed by atoms with Gasteiger partial charge in [0.2, 0.25) is 0 Å². The number of rotatable bonds is 2. The summed E-state index contributed by atoms with van der Waals surface area (Å²) in [5.74, 6) is 0. The van der Waals surface area contributed by atoms with Gasteiger partial charge in [0.05, 0.1) is 0 Å². The molecular weight excluding hydrogens is 203 g/mol. The number of hydrogen-bond donors (Lipinski definition) is 0. The summed E-state index contributed by atoms with van der Waals surface area (Å²) in [6, 6.07) is 7.17. The summed E-state index contributed by atoms with van der Waals surface area (Å²) in [5.41, 5.74) is 1.12. The highest BCUT2D eigenvalue weighted by Crippen LogP contribution is 2.22. The van der Waals surface area contributed by atoms with E-state index in [4.69, 9.17) is 0 Å². The molecule has 0 aliphatic heterocycles. The van der Waals surface area contributed by atoms with Crippen molar-refractivity contribution in [1.82, 2.24) is 0 Å². The van der Waals surface area contributed by atoms with Crippen molar-refractivity contribution >= 4 is 5.71 Å². The van der Waals surface area contributed by atoms with Crippen LogP contribution >= 0.6 is 0 Å². The summed E-state index contributed by atoms with van der Waals surface area (Å²) in [6.45, 7) is 2.63. The van der Waals surface area contributed by atoms with Crippen LogP contribution in [0.5, 0.6) is 0 Å². The molecule has 4 heteroatoms. The monoisotopic (exact) mass is 215 g/mol. The largest absolute Gasteiger partial charge is 0.410 e. The standard InChI is InChI=1S/C11H12F3N/c1-8(10-6-4-3-5-7-10)15-9(2)11(12,13)14/h3-7,9H,1-2H3. The van der Waals surface area contributed by atoms with Crippen LogP contribution in [0.15, 0.2) is 35.3 Å². The van der Waals surface area contributed by atoms with Gasteiger partial charge in [0.1, 0.15) is 6.04 Å². The minimum Gasteiger partial charge on any atom is -0.277 e. The molecular formula is C11H12F3N. The van der Waals surface area contributed by atoms with Crippen LogP contribution in [0.2, 0.25) is 0 Å². The van der Waals surface area contributed by atoms with Crippen LogP contribution in [0.3, 0.4) is 0 Å². The van der Waals surface area contributed by atoms with Crippen molar-refractivity contribution in [2.45, 2.75) is 26.1 Å². The quantitative estimate of drug-likeness (QED) is 0.670. The molecule has 1 unspecified atom stereocenters. The zero-order valence-electron chi connectivity index (χ0n) is 8.55. The van der Waals surface area contributed by atoms with Crippen LogP contribution in [0, 0.1) is 0 Å². The van der Waals surface area contributed by atoms with E-state index in [0.717, 1.165) is 6.92 Å². The van der Waals surface area contributed by atoms with Crippen molar-refractivity contribution in [1.29, 1.82) is 0 Å². The van der Waals surface area contributed by atoms with Gasteiger partial charge in [0, 0.05) is 5.71 Å². The molecule has 0 heterocycles. The number of aliphatic imine (C=N–C) groups is 1. The van der Waals surface area contributed by atoms with Gasteiger partial charge in [0.15, 0.2) is 0 Å². The lowest BCUT2D eigenvalue weighted by Gasteiger charge is -2.12. The van der Waals surface area contributed by atoms with Gasteiger partial charge in [-0.15, -0.1) is 0 Å². The predicted octanol–water partition coefficient (Wildman–Crippen LogP) is 3.45. The molecule has 0 amide bonds. The van der Waals surface area contributed by atoms with Crippen LogP contribution in [-0.2, 0) is 0 Å². The van der Waals surface area contributed by atoms with E-state index in [2.05, 4.69) is 4.99 Å². The highest BCUT2D eigenvalue weighted by atomic mass is 19.4. The fourth-order valence-electron chi connectivity index (χ4n) is 1.12. The molecule has 82 valence electrons. The van der Waals surface area contributed by atoms with E-state index in [1.807, 2.05) is 6.07 Å². The molecule has 1 nitrogen and oxygen atoms in total. The minimum absolute atomic E-state index is 0.403. The molecule has 0 radical (unpaired) electrons. The average Bonchev–Trinajstić information content (AvgIpc) is 2.17.